The SMILES string of the molecule is COc1cc(F)ccc1-c1ccnc(NC(=O)Cc2ccnc(CI)c2)c1. The molecule has 0 fully saturated rings. The first-order chi connectivity index (χ1) is 13.1. The van der Waals surface area contributed by atoms with Gasteiger partial charge in [0.2, 0.25) is 5.91 Å². The Morgan fingerprint density at radius 1 is 1.15 bits per heavy atom. The zero-order valence-corrected chi connectivity index (χ0v) is 16.7. The molecule has 1 aromatic carbocycles. The third-order valence-corrected chi connectivity index (χ3v) is 4.67. The standard InChI is InChI=1S/C20H17FIN3O2/c1-27-18-11-15(21)2-3-17(18)14-5-7-24-19(10-14)25-20(26)9-13-4-6-23-16(8-13)12-22/h2-8,10-11H,9,12H2,1H3,(H,24,25,26). The van der Waals surface area contributed by atoms with Gasteiger partial charge in [0.1, 0.15) is 17.4 Å². The lowest BCUT2D eigenvalue weighted by molar-refractivity contribution is -0.115. The van der Waals surface area contributed by atoms with E-state index in [0.717, 1.165) is 26.8 Å². The number of pyridine rings is 2. The van der Waals surface area contributed by atoms with Gasteiger partial charge >= 0.3 is 0 Å². The van der Waals surface area contributed by atoms with Crippen molar-refractivity contribution in [2.24, 2.45) is 0 Å². The Labute approximate surface area is 170 Å². The van der Waals surface area contributed by atoms with E-state index in [0.29, 0.717) is 11.6 Å². The molecule has 5 nitrogen and oxygen atoms in total. The Morgan fingerprint density at radius 2 is 1.96 bits per heavy atom. The van der Waals surface area contributed by atoms with Gasteiger partial charge in [-0.1, -0.05) is 22.6 Å². The van der Waals surface area contributed by atoms with E-state index in [2.05, 4.69) is 37.9 Å². The first kappa shape index (κ1) is 19.2. The van der Waals surface area contributed by atoms with Gasteiger partial charge in [-0.25, -0.2) is 9.37 Å². The van der Waals surface area contributed by atoms with E-state index >= 15 is 0 Å². The minimum Gasteiger partial charge on any atom is -0.496 e. The lowest BCUT2D eigenvalue weighted by Gasteiger charge is -2.10. The monoisotopic (exact) mass is 477 g/mol. The molecule has 0 saturated heterocycles. The molecule has 0 aliphatic carbocycles. The molecular formula is C20H17FIN3O2. The molecule has 1 amide bonds. The molecule has 2 heterocycles. The summed E-state index contributed by atoms with van der Waals surface area (Å²) in [5.41, 5.74) is 3.32. The summed E-state index contributed by atoms with van der Waals surface area (Å²) in [7, 11) is 1.49. The van der Waals surface area contributed by atoms with E-state index in [1.165, 1.54) is 19.2 Å². The predicted octanol–water partition coefficient (Wildman–Crippen LogP) is 4.41. The van der Waals surface area contributed by atoms with Crippen molar-refractivity contribution < 1.29 is 13.9 Å². The summed E-state index contributed by atoms with van der Waals surface area (Å²) in [4.78, 5) is 20.8. The van der Waals surface area contributed by atoms with Crippen molar-refractivity contribution in [3.63, 3.8) is 0 Å². The average molecular weight is 477 g/mol. The molecule has 0 unspecified atom stereocenters. The number of hydrogen-bond donors (Lipinski definition) is 1. The fourth-order valence-electron chi connectivity index (χ4n) is 2.65. The average Bonchev–Trinajstić information content (AvgIpc) is 2.68. The largest absolute Gasteiger partial charge is 0.496 e. The van der Waals surface area contributed by atoms with Gasteiger partial charge in [0.15, 0.2) is 0 Å². The van der Waals surface area contributed by atoms with Crippen molar-refractivity contribution in [3.05, 3.63) is 71.9 Å². The maximum atomic E-state index is 13.4. The van der Waals surface area contributed by atoms with Crippen LogP contribution in [0.3, 0.4) is 0 Å². The van der Waals surface area contributed by atoms with Crippen molar-refractivity contribution in [1.82, 2.24) is 9.97 Å². The van der Waals surface area contributed by atoms with Crippen LogP contribution in [-0.2, 0) is 15.6 Å². The van der Waals surface area contributed by atoms with Gasteiger partial charge in [0.05, 0.1) is 19.2 Å². The summed E-state index contributed by atoms with van der Waals surface area (Å²) >= 11 is 2.23. The lowest BCUT2D eigenvalue weighted by Crippen LogP contribution is -2.15. The number of anilines is 1. The molecule has 0 aliphatic heterocycles. The van der Waals surface area contributed by atoms with Crippen molar-refractivity contribution >= 4 is 34.3 Å². The number of nitrogens with zero attached hydrogens (tertiary/aromatic N) is 2. The first-order valence-electron chi connectivity index (χ1n) is 8.18. The van der Waals surface area contributed by atoms with Gasteiger partial charge in [0, 0.05) is 28.5 Å². The Hall–Kier alpha value is -2.55. The molecule has 2 aromatic heterocycles. The quantitative estimate of drug-likeness (QED) is 0.422. The van der Waals surface area contributed by atoms with E-state index in [1.807, 2.05) is 12.1 Å². The highest BCUT2D eigenvalue weighted by Gasteiger charge is 2.10. The third-order valence-electron chi connectivity index (χ3n) is 3.88. The number of carbonyl (C=O) groups is 1. The summed E-state index contributed by atoms with van der Waals surface area (Å²) in [6.45, 7) is 0. The van der Waals surface area contributed by atoms with Gasteiger partial charge in [-0.15, -0.1) is 0 Å². The van der Waals surface area contributed by atoms with E-state index in [1.54, 1.807) is 30.6 Å². The number of alkyl halides is 1. The highest BCUT2D eigenvalue weighted by molar-refractivity contribution is 14.1. The second-order valence-corrected chi connectivity index (χ2v) is 6.55. The number of carbonyl (C=O) groups excluding carboxylic acids is 1. The number of rotatable bonds is 6. The zero-order chi connectivity index (χ0) is 19.2. The van der Waals surface area contributed by atoms with Crippen LogP contribution < -0.4 is 10.1 Å². The van der Waals surface area contributed by atoms with E-state index in [4.69, 9.17) is 4.74 Å². The number of amides is 1. The minimum absolute atomic E-state index is 0.170. The molecule has 7 heteroatoms. The summed E-state index contributed by atoms with van der Waals surface area (Å²) in [5, 5.41) is 2.80. The molecule has 3 aromatic rings. The van der Waals surface area contributed by atoms with Crippen LogP contribution >= 0.6 is 22.6 Å². The normalized spacial score (nSPS) is 10.5. The van der Waals surface area contributed by atoms with Gasteiger partial charge in [-0.3, -0.25) is 9.78 Å². The molecule has 138 valence electrons. The Balaban J connectivity index is 1.77. The summed E-state index contributed by atoms with van der Waals surface area (Å²) in [6.07, 6.45) is 3.53. The summed E-state index contributed by atoms with van der Waals surface area (Å²) < 4.78 is 19.4. The summed E-state index contributed by atoms with van der Waals surface area (Å²) in [5.74, 6) is 0.298. The zero-order valence-electron chi connectivity index (χ0n) is 14.6. The number of ether oxygens (including phenoxy) is 1. The number of halogens is 2. The van der Waals surface area contributed by atoms with Crippen LogP contribution in [0, 0.1) is 5.82 Å². The van der Waals surface area contributed by atoms with Crippen LogP contribution in [-0.4, -0.2) is 23.0 Å². The molecule has 0 radical (unpaired) electrons. The molecular weight excluding hydrogens is 460 g/mol. The topological polar surface area (TPSA) is 64.1 Å². The number of hydrogen-bond acceptors (Lipinski definition) is 4. The van der Waals surface area contributed by atoms with Gasteiger partial charge in [-0.2, -0.15) is 0 Å². The first-order valence-corrected chi connectivity index (χ1v) is 9.71. The van der Waals surface area contributed by atoms with Crippen molar-refractivity contribution in [2.45, 2.75) is 10.8 Å². The fraction of sp³-hybridized carbons (Fsp3) is 0.150. The maximum absolute atomic E-state index is 13.4. The van der Waals surface area contributed by atoms with Gasteiger partial charge < -0.3 is 10.1 Å². The highest BCUT2D eigenvalue weighted by atomic mass is 127. The maximum Gasteiger partial charge on any atom is 0.229 e. The third kappa shape index (κ3) is 5.00. The van der Waals surface area contributed by atoms with Crippen LogP contribution in [0.15, 0.2) is 54.9 Å². The van der Waals surface area contributed by atoms with Crippen LogP contribution in [0.4, 0.5) is 10.2 Å². The van der Waals surface area contributed by atoms with E-state index in [9.17, 15) is 9.18 Å². The van der Waals surface area contributed by atoms with Gasteiger partial charge in [-0.05, 0) is 47.5 Å². The molecule has 0 spiro atoms. The highest BCUT2D eigenvalue weighted by Crippen LogP contribution is 2.31. The second kappa shape index (κ2) is 8.90. The van der Waals surface area contributed by atoms with Crippen LogP contribution in [0.2, 0.25) is 0 Å². The Morgan fingerprint density at radius 3 is 2.74 bits per heavy atom. The van der Waals surface area contributed by atoms with E-state index in [-0.39, 0.29) is 18.1 Å². The molecule has 1 N–H and O–H groups in total. The van der Waals surface area contributed by atoms with Gasteiger partial charge in [0.25, 0.3) is 0 Å². The van der Waals surface area contributed by atoms with E-state index < -0.39 is 0 Å². The number of aromatic nitrogens is 2. The molecule has 0 atom stereocenters. The molecule has 0 aliphatic rings. The van der Waals surface area contributed by atoms with Crippen molar-refractivity contribution in [2.75, 3.05) is 12.4 Å². The van der Waals surface area contributed by atoms with Crippen LogP contribution in [0.25, 0.3) is 11.1 Å². The smallest absolute Gasteiger partial charge is 0.229 e. The number of benzene rings is 1. The number of nitrogens with one attached hydrogen (secondary N) is 1. The molecule has 27 heavy (non-hydrogen) atoms. The predicted molar refractivity (Wildman–Crippen MR) is 110 cm³/mol. The molecule has 0 saturated carbocycles. The molecule has 0 bridgehead atoms. The van der Waals surface area contributed by atoms with Crippen LogP contribution in [0.1, 0.15) is 11.3 Å². The Bertz CT molecular complexity index is 965. The number of methoxy groups -OCH3 is 1. The fourth-order valence-corrected chi connectivity index (χ4v) is 3.07. The Kier molecular flexibility index (Phi) is 6.33. The minimum atomic E-state index is -0.374. The molecule has 3 rings (SSSR count). The van der Waals surface area contributed by atoms with Crippen molar-refractivity contribution in [3.8, 4) is 16.9 Å². The van der Waals surface area contributed by atoms with Crippen LogP contribution in [0.5, 0.6) is 5.75 Å². The lowest BCUT2D eigenvalue weighted by atomic mass is 10.1. The summed E-state index contributed by atoms with van der Waals surface area (Å²) in [6, 6.07) is 11.6. The van der Waals surface area contributed by atoms with Crippen molar-refractivity contribution in [1.29, 1.82) is 0 Å². The second-order valence-electron chi connectivity index (χ2n) is 5.79.